The van der Waals surface area contributed by atoms with Crippen molar-refractivity contribution >= 4 is 89.2 Å². The molecule has 0 aliphatic carbocycles. The van der Waals surface area contributed by atoms with Crippen LogP contribution in [0, 0.1) is 0 Å². The molecule has 1 aliphatic rings. The molecule has 1 saturated heterocycles. The van der Waals surface area contributed by atoms with E-state index >= 15 is 0 Å². The number of fused-ring (bicyclic) bond motifs is 8. The number of hydrogen-bond acceptors (Lipinski definition) is 10. The van der Waals surface area contributed by atoms with Crippen molar-refractivity contribution in [3.05, 3.63) is 296 Å². The molecule has 0 spiro atoms. The van der Waals surface area contributed by atoms with Gasteiger partial charge < -0.3 is 9.31 Å². The van der Waals surface area contributed by atoms with E-state index in [-0.39, 0.29) is 5.28 Å². The van der Waals surface area contributed by atoms with E-state index in [0.29, 0.717) is 29.1 Å². The van der Waals surface area contributed by atoms with Crippen LogP contribution in [0.5, 0.6) is 0 Å². The van der Waals surface area contributed by atoms with Gasteiger partial charge in [-0.05, 0) is 130 Å². The summed E-state index contributed by atoms with van der Waals surface area (Å²) < 4.78 is 12.7. The summed E-state index contributed by atoms with van der Waals surface area (Å²) in [6.45, 7) is 8.30. The quantitative estimate of drug-likeness (QED) is 0.0826. The van der Waals surface area contributed by atoms with Crippen molar-refractivity contribution in [2.45, 2.75) is 38.9 Å². The summed E-state index contributed by atoms with van der Waals surface area (Å²) in [5.74, 6) is 2.92. The van der Waals surface area contributed by atoms with Gasteiger partial charge in [0.25, 0.3) is 0 Å². The fourth-order valence-corrected chi connectivity index (χ4v) is 12.2. The van der Waals surface area contributed by atoms with Crippen molar-refractivity contribution in [2.24, 2.45) is 0 Å². The third kappa shape index (κ3) is 11.9. The van der Waals surface area contributed by atoms with Gasteiger partial charge in [-0.25, -0.2) is 24.9 Å². The van der Waals surface area contributed by atoms with Gasteiger partial charge in [0.05, 0.1) is 27.8 Å². The summed E-state index contributed by atoms with van der Waals surface area (Å²) in [5.41, 5.74) is 11.0. The van der Waals surface area contributed by atoms with Gasteiger partial charge >= 0.3 is 7.12 Å². The van der Waals surface area contributed by atoms with Crippen molar-refractivity contribution in [1.82, 2.24) is 39.9 Å². The number of halogens is 1. The van der Waals surface area contributed by atoms with Gasteiger partial charge in [-0.1, -0.05) is 255 Å². The first-order valence-corrected chi connectivity index (χ1v) is 31.7. The summed E-state index contributed by atoms with van der Waals surface area (Å²) in [6.07, 6.45) is 0. The fourth-order valence-electron chi connectivity index (χ4n) is 12.0. The molecule has 1 fully saturated rings. The largest absolute Gasteiger partial charge is 0.515 e. The standard InChI is InChI=1S/C38H24N4.C23H22BNO2.C21H14ClN3/c1-3-11-25(12-4-1)26-19-21-28(22-20-26)37-40-36(27-13-5-2-6-14-27)41-38(42-37)35-33-24-30-16-8-7-15-29(30)23-32(33)31-17-9-10-18-34(31)39-35;1-22(2)23(3,4)27-24(26-22)21-19-14-16-10-6-5-9-15(16)13-18(19)17-11-7-8-12-20(17)25-21;22-21-24-19(17-9-5-2-6-10-17)23-20(25-21)18-13-11-16(12-14-18)15-7-3-1-4-8-15/h1-24H;5-14H,1-4H3;1-14H. The first-order valence-electron chi connectivity index (χ1n) is 31.3. The first-order chi connectivity index (χ1) is 45.9. The molecule has 0 unspecified atom stereocenters. The molecule has 1 aliphatic heterocycles. The molecule has 17 rings (SSSR count). The maximum absolute atomic E-state index is 6.33. The molecule has 12 aromatic carbocycles. The lowest BCUT2D eigenvalue weighted by atomic mass is 9.79. The minimum absolute atomic E-state index is 0.191. The van der Waals surface area contributed by atoms with E-state index in [2.05, 4.69) is 225 Å². The number of aromatic nitrogens is 8. The van der Waals surface area contributed by atoms with Gasteiger partial charge in [-0.2, -0.15) is 9.97 Å². The summed E-state index contributed by atoms with van der Waals surface area (Å²) in [7, 11) is -0.483. The Morgan fingerprint density at radius 2 is 0.564 bits per heavy atom. The van der Waals surface area contributed by atoms with Crippen LogP contribution in [0.2, 0.25) is 5.28 Å². The summed E-state index contributed by atoms with van der Waals surface area (Å²) in [4.78, 5) is 38.2. The second-order valence-corrected chi connectivity index (χ2v) is 24.6. The van der Waals surface area contributed by atoms with E-state index < -0.39 is 18.3 Å². The minimum atomic E-state index is -0.483. The summed E-state index contributed by atoms with van der Waals surface area (Å²) in [6, 6.07) is 99.3. The van der Waals surface area contributed by atoms with Crippen LogP contribution in [-0.4, -0.2) is 58.2 Å². The average molecular weight is 1240 g/mol. The Morgan fingerprint density at radius 1 is 0.266 bits per heavy atom. The molecular formula is C82H60BClN8O2. The Hall–Kier alpha value is -11.2. The highest BCUT2D eigenvalue weighted by Crippen LogP contribution is 2.39. The third-order valence-electron chi connectivity index (χ3n) is 17.7. The van der Waals surface area contributed by atoms with Crippen LogP contribution in [-0.2, 0) is 9.31 Å². The molecule has 94 heavy (non-hydrogen) atoms. The van der Waals surface area contributed by atoms with Gasteiger partial charge in [0, 0.05) is 43.8 Å². The Balaban J connectivity index is 0.000000122. The van der Waals surface area contributed by atoms with Crippen LogP contribution >= 0.6 is 11.6 Å². The van der Waals surface area contributed by atoms with Crippen LogP contribution in [0.1, 0.15) is 27.7 Å². The second kappa shape index (κ2) is 25.1. The van der Waals surface area contributed by atoms with Crippen molar-refractivity contribution in [1.29, 1.82) is 0 Å². The normalized spacial score (nSPS) is 13.2. The van der Waals surface area contributed by atoms with Crippen molar-refractivity contribution in [3.8, 4) is 79.3 Å². The lowest BCUT2D eigenvalue weighted by Crippen LogP contribution is -2.41. The zero-order valence-corrected chi connectivity index (χ0v) is 52.8. The fraction of sp³-hybridized carbons (Fsp3) is 0.0732. The smallest absolute Gasteiger partial charge is 0.398 e. The third-order valence-corrected chi connectivity index (χ3v) is 17.8. The Kier molecular flexibility index (Phi) is 15.8. The predicted molar refractivity (Wildman–Crippen MR) is 386 cm³/mol. The van der Waals surface area contributed by atoms with Crippen molar-refractivity contribution in [2.75, 3.05) is 0 Å². The molecule has 12 heteroatoms. The van der Waals surface area contributed by atoms with Gasteiger partial charge in [-0.15, -0.1) is 0 Å². The van der Waals surface area contributed by atoms with E-state index in [4.69, 9.17) is 45.8 Å². The number of hydrogen-bond donors (Lipinski definition) is 0. The topological polar surface area (TPSA) is 122 Å². The minimum Gasteiger partial charge on any atom is -0.398 e. The Morgan fingerprint density at radius 3 is 1.00 bits per heavy atom. The van der Waals surface area contributed by atoms with E-state index in [9.17, 15) is 0 Å². The molecule has 4 aromatic heterocycles. The molecule has 0 bridgehead atoms. The van der Waals surface area contributed by atoms with Crippen LogP contribution in [0.3, 0.4) is 0 Å². The lowest BCUT2D eigenvalue weighted by Gasteiger charge is -2.32. The highest BCUT2D eigenvalue weighted by Gasteiger charge is 2.53. The molecule has 16 aromatic rings. The molecule has 0 saturated carbocycles. The van der Waals surface area contributed by atoms with Gasteiger partial charge in [-0.3, -0.25) is 4.98 Å². The maximum atomic E-state index is 6.33. The molecule has 5 heterocycles. The van der Waals surface area contributed by atoms with E-state index in [1.807, 2.05) is 109 Å². The number of rotatable bonds is 8. The molecule has 0 amide bonds. The van der Waals surface area contributed by atoms with Gasteiger partial charge in [0.1, 0.15) is 5.69 Å². The maximum Gasteiger partial charge on any atom is 0.515 e. The van der Waals surface area contributed by atoms with Gasteiger partial charge in [0.15, 0.2) is 29.1 Å². The highest BCUT2D eigenvalue weighted by atomic mass is 35.5. The first kappa shape index (κ1) is 59.1. The van der Waals surface area contributed by atoms with E-state index in [1.165, 1.54) is 32.7 Å². The van der Waals surface area contributed by atoms with E-state index in [1.54, 1.807) is 0 Å². The molecule has 0 atom stereocenters. The SMILES string of the molecule is CC1(C)OB(c2nc3ccccc3c3cc4ccccc4cc23)OC1(C)C.Clc1nc(-c2ccccc2)nc(-c2ccc(-c3ccccc3)cc2)n1.c1ccc(-c2ccc(-c3nc(-c4ccccc4)nc(-c4nc5ccccc5c5cc6ccccc6cc45)n3)cc2)cc1. The van der Waals surface area contributed by atoms with Crippen LogP contribution in [0.15, 0.2) is 291 Å². The number of benzene rings is 12. The molecule has 0 N–H and O–H groups in total. The van der Waals surface area contributed by atoms with Crippen LogP contribution in [0.25, 0.3) is 144 Å². The number of para-hydroxylation sites is 2. The number of pyridine rings is 2. The van der Waals surface area contributed by atoms with Gasteiger partial charge in [0.2, 0.25) is 5.28 Å². The molecule has 10 nitrogen and oxygen atoms in total. The molecule has 450 valence electrons. The summed E-state index contributed by atoms with van der Waals surface area (Å²) in [5, 5.41) is 11.6. The predicted octanol–water partition coefficient (Wildman–Crippen LogP) is 19.8. The van der Waals surface area contributed by atoms with Crippen LogP contribution in [0.4, 0.5) is 0 Å². The monoisotopic (exact) mass is 1230 g/mol. The zero-order valence-electron chi connectivity index (χ0n) is 52.1. The highest BCUT2D eigenvalue weighted by molar-refractivity contribution is 6.64. The molecular weight excluding hydrogens is 1180 g/mol. The second-order valence-electron chi connectivity index (χ2n) is 24.2. The van der Waals surface area contributed by atoms with Crippen molar-refractivity contribution < 1.29 is 9.31 Å². The van der Waals surface area contributed by atoms with Crippen molar-refractivity contribution in [3.63, 3.8) is 0 Å². The molecule has 0 radical (unpaired) electrons. The Labute approximate surface area is 549 Å². The average Bonchev–Trinajstić information content (AvgIpc) is 1.27. The van der Waals surface area contributed by atoms with Crippen LogP contribution < -0.4 is 5.59 Å². The van der Waals surface area contributed by atoms with E-state index in [0.717, 1.165) is 88.0 Å². The summed E-state index contributed by atoms with van der Waals surface area (Å²) >= 11 is 6.11. The Bertz CT molecular complexity index is 5440. The zero-order chi connectivity index (χ0) is 63.8. The number of nitrogens with zero attached hydrogens (tertiary/aromatic N) is 8. The lowest BCUT2D eigenvalue weighted by molar-refractivity contribution is 0.00578.